The Morgan fingerprint density at radius 3 is 2.61 bits per heavy atom. The van der Waals surface area contributed by atoms with Gasteiger partial charge < -0.3 is 19.5 Å². The average Bonchev–Trinajstić information content (AvgIpc) is 2.76. The highest BCUT2D eigenvalue weighted by atomic mass is 32.2. The Morgan fingerprint density at radius 2 is 1.97 bits per heavy atom. The number of ether oxygens (including phenoxy) is 2. The second-order valence-corrected chi connectivity index (χ2v) is 8.51. The van der Waals surface area contributed by atoms with Gasteiger partial charge in [-0.25, -0.2) is 0 Å². The van der Waals surface area contributed by atoms with Crippen LogP contribution in [0.1, 0.15) is 50.4 Å². The van der Waals surface area contributed by atoms with Gasteiger partial charge in [-0.05, 0) is 49.9 Å². The number of aromatic hydroxyl groups is 1. The Balaban J connectivity index is 1.79. The SMILES string of the molecule is CC[C@@H](C)n1c(SCC(=O)N2CCc3cc(OC)c(OC)cc3[C@@H]2C)nc(O)cc1=O. The van der Waals surface area contributed by atoms with Gasteiger partial charge in [-0.1, -0.05) is 18.7 Å². The Bertz CT molecular complexity index is 1020. The van der Waals surface area contributed by atoms with E-state index in [-0.39, 0.29) is 35.2 Å². The Hall–Kier alpha value is -2.68. The summed E-state index contributed by atoms with van der Waals surface area (Å²) in [5.41, 5.74) is 1.86. The van der Waals surface area contributed by atoms with E-state index >= 15 is 0 Å². The summed E-state index contributed by atoms with van der Waals surface area (Å²) in [4.78, 5) is 31.3. The fraction of sp³-hybridized carbons (Fsp3) is 0.500. The lowest BCUT2D eigenvalue weighted by Crippen LogP contribution is -2.40. The second-order valence-electron chi connectivity index (χ2n) is 7.57. The molecule has 1 aliphatic rings. The molecule has 0 saturated carbocycles. The molecule has 168 valence electrons. The first-order chi connectivity index (χ1) is 14.8. The number of benzene rings is 1. The lowest BCUT2D eigenvalue weighted by atomic mass is 9.93. The lowest BCUT2D eigenvalue weighted by Gasteiger charge is -2.35. The van der Waals surface area contributed by atoms with Crippen LogP contribution in [0.25, 0.3) is 0 Å². The van der Waals surface area contributed by atoms with Crippen LogP contribution < -0.4 is 15.0 Å². The predicted octanol–water partition coefficient (Wildman–Crippen LogP) is 3.18. The summed E-state index contributed by atoms with van der Waals surface area (Å²) in [7, 11) is 3.20. The molecule has 0 bridgehead atoms. The van der Waals surface area contributed by atoms with Gasteiger partial charge in [0.05, 0.1) is 32.1 Å². The number of hydrogen-bond donors (Lipinski definition) is 1. The van der Waals surface area contributed by atoms with Gasteiger partial charge in [0.15, 0.2) is 16.7 Å². The number of methoxy groups -OCH3 is 2. The molecular formula is C22H29N3O5S. The maximum atomic E-state index is 13.1. The van der Waals surface area contributed by atoms with Gasteiger partial charge in [0.25, 0.3) is 5.56 Å². The molecule has 1 N–H and O–H groups in total. The second kappa shape index (κ2) is 9.64. The number of thioether (sulfide) groups is 1. The first kappa shape index (κ1) is 23.0. The minimum Gasteiger partial charge on any atom is -0.493 e. The number of rotatable bonds is 7. The zero-order valence-electron chi connectivity index (χ0n) is 18.5. The van der Waals surface area contributed by atoms with E-state index in [9.17, 15) is 14.7 Å². The Kier molecular flexibility index (Phi) is 7.15. The molecule has 0 aliphatic carbocycles. The minimum absolute atomic E-state index is 0.0498. The smallest absolute Gasteiger partial charge is 0.258 e. The van der Waals surface area contributed by atoms with Crippen molar-refractivity contribution in [3.05, 3.63) is 39.7 Å². The number of amides is 1. The summed E-state index contributed by atoms with van der Waals surface area (Å²) in [5, 5.41) is 10.1. The van der Waals surface area contributed by atoms with Gasteiger partial charge in [-0.3, -0.25) is 14.2 Å². The monoisotopic (exact) mass is 447 g/mol. The standard InChI is InChI=1S/C22H29N3O5S/c1-6-13(2)25-20(27)11-19(26)23-22(25)31-12-21(28)24-8-7-15-9-17(29-4)18(30-5)10-16(15)14(24)3/h9-11,13-14,26H,6-8,12H2,1-5H3/t13-,14+/m1/s1. The van der Waals surface area contributed by atoms with E-state index in [0.29, 0.717) is 23.2 Å². The van der Waals surface area contributed by atoms with Gasteiger partial charge in [0.1, 0.15) is 0 Å². The molecule has 0 unspecified atom stereocenters. The zero-order valence-corrected chi connectivity index (χ0v) is 19.4. The highest BCUT2D eigenvalue weighted by Gasteiger charge is 2.29. The highest BCUT2D eigenvalue weighted by molar-refractivity contribution is 7.99. The molecular weight excluding hydrogens is 418 g/mol. The fourth-order valence-electron chi connectivity index (χ4n) is 3.84. The van der Waals surface area contributed by atoms with Gasteiger partial charge in [-0.15, -0.1) is 0 Å². The molecule has 0 fully saturated rings. The van der Waals surface area contributed by atoms with E-state index in [1.165, 1.54) is 16.3 Å². The number of aromatic nitrogens is 2. The third-order valence-corrected chi connectivity index (χ3v) is 6.71. The quantitative estimate of drug-likeness (QED) is 0.515. The summed E-state index contributed by atoms with van der Waals surface area (Å²) in [5.74, 6) is 1.06. The molecule has 31 heavy (non-hydrogen) atoms. The van der Waals surface area contributed by atoms with Crippen molar-refractivity contribution in [3.8, 4) is 17.4 Å². The van der Waals surface area contributed by atoms with Gasteiger partial charge in [0, 0.05) is 12.6 Å². The molecule has 1 aromatic heterocycles. The summed E-state index contributed by atoms with van der Waals surface area (Å²) in [6.45, 7) is 6.47. The molecule has 9 heteroatoms. The summed E-state index contributed by atoms with van der Waals surface area (Å²) < 4.78 is 12.3. The van der Waals surface area contributed by atoms with Crippen molar-refractivity contribution in [1.82, 2.24) is 14.5 Å². The molecule has 3 rings (SSSR count). The number of carbonyl (C=O) groups excluding carboxylic acids is 1. The molecule has 2 atom stereocenters. The molecule has 2 heterocycles. The normalized spacial score (nSPS) is 16.5. The van der Waals surface area contributed by atoms with Crippen molar-refractivity contribution in [2.75, 3.05) is 26.5 Å². The lowest BCUT2D eigenvalue weighted by molar-refractivity contribution is -0.130. The molecule has 8 nitrogen and oxygen atoms in total. The van der Waals surface area contributed by atoms with Crippen LogP contribution in [0.3, 0.4) is 0 Å². The molecule has 2 aromatic rings. The van der Waals surface area contributed by atoms with Gasteiger partial charge in [-0.2, -0.15) is 4.98 Å². The topological polar surface area (TPSA) is 93.9 Å². The van der Waals surface area contributed by atoms with Gasteiger partial charge in [0.2, 0.25) is 11.8 Å². The van der Waals surface area contributed by atoms with E-state index in [0.717, 1.165) is 30.0 Å². The number of fused-ring (bicyclic) bond motifs is 1. The highest BCUT2D eigenvalue weighted by Crippen LogP contribution is 2.38. The Labute approximate surface area is 186 Å². The van der Waals surface area contributed by atoms with E-state index in [1.807, 2.05) is 37.8 Å². The van der Waals surface area contributed by atoms with Crippen LogP contribution in [0.4, 0.5) is 0 Å². The summed E-state index contributed by atoms with van der Waals surface area (Å²) in [6, 6.07) is 4.81. The molecule has 0 spiro atoms. The first-order valence-corrected chi connectivity index (χ1v) is 11.3. The number of carbonyl (C=O) groups is 1. The van der Waals surface area contributed by atoms with Crippen molar-refractivity contribution < 1.29 is 19.4 Å². The van der Waals surface area contributed by atoms with Crippen LogP contribution in [-0.2, 0) is 11.2 Å². The van der Waals surface area contributed by atoms with Gasteiger partial charge >= 0.3 is 0 Å². The van der Waals surface area contributed by atoms with E-state index < -0.39 is 0 Å². The van der Waals surface area contributed by atoms with Crippen LogP contribution >= 0.6 is 11.8 Å². The number of hydrogen-bond acceptors (Lipinski definition) is 7. The van der Waals surface area contributed by atoms with Crippen LogP contribution in [0.5, 0.6) is 17.4 Å². The predicted molar refractivity (Wildman–Crippen MR) is 119 cm³/mol. The third kappa shape index (κ3) is 4.66. The maximum absolute atomic E-state index is 13.1. The summed E-state index contributed by atoms with van der Waals surface area (Å²) >= 11 is 1.17. The first-order valence-electron chi connectivity index (χ1n) is 10.3. The van der Waals surface area contributed by atoms with E-state index in [4.69, 9.17) is 9.47 Å². The zero-order chi connectivity index (χ0) is 22.7. The Morgan fingerprint density at radius 1 is 1.29 bits per heavy atom. The maximum Gasteiger partial charge on any atom is 0.258 e. The number of nitrogens with zero attached hydrogens (tertiary/aromatic N) is 3. The fourth-order valence-corrected chi connectivity index (χ4v) is 4.83. The molecule has 1 aliphatic heterocycles. The van der Waals surface area contributed by atoms with Crippen molar-refractivity contribution in [2.45, 2.75) is 50.9 Å². The molecule has 1 aromatic carbocycles. The van der Waals surface area contributed by atoms with Crippen molar-refractivity contribution in [2.24, 2.45) is 0 Å². The molecule has 1 amide bonds. The van der Waals surface area contributed by atoms with E-state index in [2.05, 4.69) is 4.98 Å². The minimum atomic E-state index is -0.333. The van der Waals surface area contributed by atoms with Crippen molar-refractivity contribution >= 4 is 17.7 Å². The van der Waals surface area contributed by atoms with Crippen LogP contribution in [0.15, 0.2) is 28.2 Å². The molecule has 0 saturated heterocycles. The third-order valence-electron chi connectivity index (χ3n) is 5.77. The van der Waals surface area contributed by atoms with Crippen LogP contribution in [0.2, 0.25) is 0 Å². The van der Waals surface area contributed by atoms with Crippen LogP contribution in [0, 0.1) is 0 Å². The van der Waals surface area contributed by atoms with Crippen LogP contribution in [-0.4, -0.2) is 52.0 Å². The van der Waals surface area contributed by atoms with E-state index in [1.54, 1.807) is 14.2 Å². The molecule has 0 radical (unpaired) electrons. The average molecular weight is 448 g/mol. The largest absolute Gasteiger partial charge is 0.493 e. The summed E-state index contributed by atoms with van der Waals surface area (Å²) in [6.07, 6.45) is 1.46. The van der Waals surface area contributed by atoms with Crippen molar-refractivity contribution in [1.29, 1.82) is 0 Å². The van der Waals surface area contributed by atoms with Crippen molar-refractivity contribution in [3.63, 3.8) is 0 Å².